The molecule has 16 heavy (non-hydrogen) atoms. The summed E-state index contributed by atoms with van der Waals surface area (Å²) in [6.07, 6.45) is 0. The maximum absolute atomic E-state index is 11.7. The van der Waals surface area contributed by atoms with E-state index in [1.54, 1.807) is 18.2 Å². The highest BCUT2D eigenvalue weighted by molar-refractivity contribution is 8.04. The third kappa shape index (κ3) is 2.91. The average molecular weight is 237 g/mol. The number of Topliss-reactive ketones (excluding diaryl/α,β-unsaturated/α-hetero) is 1. The fourth-order valence-electron chi connectivity index (χ4n) is 1.21. The maximum Gasteiger partial charge on any atom is 0.177 e. The van der Waals surface area contributed by atoms with E-state index in [-0.39, 0.29) is 11.5 Å². The van der Waals surface area contributed by atoms with Crippen LogP contribution in [0.3, 0.4) is 0 Å². The van der Waals surface area contributed by atoms with Gasteiger partial charge in [-0.3, -0.25) is 4.79 Å². The van der Waals surface area contributed by atoms with Gasteiger partial charge in [-0.05, 0) is 30.0 Å². The summed E-state index contributed by atoms with van der Waals surface area (Å²) >= 11 is 0.903. The molecule has 0 radical (unpaired) electrons. The summed E-state index contributed by atoms with van der Waals surface area (Å²) in [5.41, 5.74) is 0.435. The molecule has 0 aliphatic carbocycles. The predicted molar refractivity (Wildman–Crippen MR) is 61.9 cm³/mol. The molecule has 0 atom stereocenters. The first kappa shape index (κ1) is 12.4. The van der Waals surface area contributed by atoms with E-state index in [4.69, 9.17) is 14.7 Å². The van der Waals surface area contributed by atoms with Crippen molar-refractivity contribution in [3.8, 4) is 16.9 Å². The number of ketones is 1. The molecular formula is C11H11NO3S. The highest BCUT2D eigenvalue weighted by Crippen LogP contribution is 2.25. The van der Waals surface area contributed by atoms with E-state index in [1.165, 1.54) is 14.2 Å². The number of hydrogen-bond acceptors (Lipinski definition) is 5. The van der Waals surface area contributed by atoms with Crippen molar-refractivity contribution in [2.45, 2.75) is 0 Å². The van der Waals surface area contributed by atoms with Gasteiger partial charge in [0, 0.05) is 0 Å². The van der Waals surface area contributed by atoms with Gasteiger partial charge >= 0.3 is 0 Å². The summed E-state index contributed by atoms with van der Waals surface area (Å²) in [7, 11) is 3.02. The number of hydrogen-bond donors (Lipinski definition) is 0. The monoisotopic (exact) mass is 237 g/mol. The van der Waals surface area contributed by atoms with Gasteiger partial charge in [-0.1, -0.05) is 0 Å². The molecule has 0 spiro atoms. The molecule has 5 heteroatoms. The lowest BCUT2D eigenvalue weighted by Gasteiger charge is -2.08. The number of thiocyanates is 1. The van der Waals surface area contributed by atoms with E-state index in [0.29, 0.717) is 17.1 Å². The number of nitrogens with zero attached hydrogens (tertiary/aromatic N) is 1. The van der Waals surface area contributed by atoms with Crippen molar-refractivity contribution in [2.24, 2.45) is 0 Å². The van der Waals surface area contributed by atoms with Crippen LogP contribution >= 0.6 is 11.8 Å². The van der Waals surface area contributed by atoms with Gasteiger partial charge in [-0.25, -0.2) is 0 Å². The maximum atomic E-state index is 11.7. The Morgan fingerprint density at radius 3 is 2.75 bits per heavy atom. The Morgan fingerprint density at radius 1 is 1.44 bits per heavy atom. The normalized spacial score (nSPS) is 9.31. The van der Waals surface area contributed by atoms with Crippen LogP contribution < -0.4 is 9.47 Å². The van der Waals surface area contributed by atoms with E-state index in [9.17, 15) is 4.79 Å². The van der Waals surface area contributed by atoms with Crippen LogP contribution in [0.15, 0.2) is 18.2 Å². The number of benzene rings is 1. The summed E-state index contributed by atoms with van der Waals surface area (Å²) in [4.78, 5) is 11.7. The number of carbonyl (C=O) groups is 1. The van der Waals surface area contributed by atoms with Crippen molar-refractivity contribution < 1.29 is 14.3 Å². The van der Waals surface area contributed by atoms with Crippen molar-refractivity contribution in [1.29, 1.82) is 5.26 Å². The zero-order valence-electron chi connectivity index (χ0n) is 9.02. The minimum Gasteiger partial charge on any atom is -0.497 e. The second-order valence-electron chi connectivity index (χ2n) is 2.87. The average Bonchev–Trinajstić information content (AvgIpc) is 2.35. The first-order valence-corrected chi connectivity index (χ1v) is 5.47. The van der Waals surface area contributed by atoms with Gasteiger partial charge in [-0.15, -0.1) is 0 Å². The van der Waals surface area contributed by atoms with Crippen LogP contribution in [0.2, 0.25) is 0 Å². The molecule has 1 aromatic rings. The summed E-state index contributed by atoms with van der Waals surface area (Å²) in [6, 6.07) is 5.00. The van der Waals surface area contributed by atoms with Crippen LogP contribution in [-0.4, -0.2) is 25.8 Å². The molecule has 0 N–H and O–H groups in total. The number of methoxy groups -OCH3 is 2. The second kappa shape index (κ2) is 6.03. The fourth-order valence-corrected chi connectivity index (χ4v) is 1.56. The molecule has 0 aromatic heterocycles. The molecule has 0 heterocycles. The minimum absolute atomic E-state index is 0.111. The number of ether oxygens (including phenoxy) is 2. The zero-order chi connectivity index (χ0) is 12.0. The summed E-state index contributed by atoms with van der Waals surface area (Å²) in [6.45, 7) is 0. The minimum atomic E-state index is -0.151. The van der Waals surface area contributed by atoms with Crippen LogP contribution in [0.1, 0.15) is 10.4 Å². The molecule has 1 rings (SSSR count). The molecule has 0 unspecified atom stereocenters. The molecule has 0 saturated heterocycles. The van der Waals surface area contributed by atoms with Crippen LogP contribution in [0.25, 0.3) is 0 Å². The molecule has 84 valence electrons. The smallest absolute Gasteiger partial charge is 0.177 e. The molecule has 0 amide bonds. The van der Waals surface area contributed by atoms with Crippen LogP contribution in [-0.2, 0) is 0 Å². The summed E-state index contributed by atoms with van der Waals surface area (Å²) < 4.78 is 10.1. The van der Waals surface area contributed by atoms with E-state index < -0.39 is 0 Å². The molecule has 0 aliphatic rings. The molecule has 0 fully saturated rings. The van der Waals surface area contributed by atoms with Gasteiger partial charge in [0.1, 0.15) is 16.9 Å². The van der Waals surface area contributed by atoms with Crippen LogP contribution in [0.5, 0.6) is 11.5 Å². The quantitative estimate of drug-likeness (QED) is 0.579. The third-order valence-electron chi connectivity index (χ3n) is 1.97. The van der Waals surface area contributed by atoms with Crippen molar-refractivity contribution >= 4 is 17.5 Å². The van der Waals surface area contributed by atoms with Gasteiger partial charge in [0.2, 0.25) is 0 Å². The number of rotatable bonds is 5. The Hall–Kier alpha value is -1.67. The molecule has 0 bridgehead atoms. The number of thioether (sulfide) groups is 1. The van der Waals surface area contributed by atoms with Crippen molar-refractivity contribution in [1.82, 2.24) is 0 Å². The first-order chi connectivity index (χ1) is 7.72. The topological polar surface area (TPSA) is 59.3 Å². The molecule has 0 saturated carbocycles. The first-order valence-electron chi connectivity index (χ1n) is 4.49. The lowest BCUT2D eigenvalue weighted by molar-refractivity contribution is 0.101. The lowest BCUT2D eigenvalue weighted by Crippen LogP contribution is -2.05. The molecule has 1 aromatic carbocycles. The Labute approximate surface area is 98.2 Å². The van der Waals surface area contributed by atoms with Crippen molar-refractivity contribution in [3.63, 3.8) is 0 Å². The van der Waals surface area contributed by atoms with E-state index in [2.05, 4.69) is 0 Å². The largest absolute Gasteiger partial charge is 0.497 e. The Bertz CT molecular complexity index is 426. The summed E-state index contributed by atoms with van der Waals surface area (Å²) in [5.74, 6) is 1.04. The highest BCUT2D eigenvalue weighted by atomic mass is 32.2. The molecule has 0 aliphatic heterocycles. The van der Waals surface area contributed by atoms with E-state index in [0.717, 1.165) is 11.8 Å². The molecular weight excluding hydrogens is 226 g/mol. The Balaban J connectivity index is 2.99. The lowest BCUT2D eigenvalue weighted by atomic mass is 10.1. The Kier molecular flexibility index (Phi) is 4.67. The van der Waals surface area contributed by atoms with Gasteiger partial charge in [0.15, 0.2) is 5.78 Å². The molecule has 4 nitrogen and oxygen atoms in total. The predicted octanol–water partition coefficient (Wildman–Crippen LogP) is 2.10. The second-order valence-corrected chi connectivity index (χ2v) is 3.63. The van der Waals surface area contributed by atoms with E-state index >= 15 is 0 Å². The standard InChI is InChI=1S/C11H11NO3S/c1-14-8-3-4-11(15-2)9(5-8)10(13)6-16-7-12/h3-5H,6H2,1-2H3. The highest BCUT2D eigenvalue weighted by Gasteiger charge is 2.13. The van der Waals surface area contributed by atoms with Crippen molar-refractivity contribution in [3.05, 3.63) is 23.8 Å². The SMILES string of the molecule is COc1ccc(OC)c(C(=O)CSC#N)c1. The van der Waals surface area contributed by atoms with Gasteiger partial charge < -0.3 is 9.47 Å². The van der Waals surface area contributed by atoms with Crippen molar-refractivity contribution in [2.75, 3.05) is 20.0 Å². The van der Waals surface area contributed by atoms with Gasteiger partial charge in [0.05, 0.1) is 25.5 Å². The fraction of sp³-hybridized carbons (Fsp3) is 0.273. The van der Waals surface area contributed by atoms with E-state index in [1.807, 2.05) is 5.40 Å². The van der Waals surface area contributed by atoms with Crippen LogP contribution in [0.4, 0.5) is 0 Å². The number of nitriles is 1. The third-order valence-corrected chi connectivity index (χ3v) is 2.51. The zero-order valence-corrected chi connectivity index (χ0v) is 9.84. The van der Waals surface area contributed by atoms with Gasteiger partial charge in [-0.2, -0.15) is 5.26 Å². The Morgan fingerprint density at radius 2 is 2.19 bits per heavy atom. The number of carbonyl (C=O) groups excluding carboxylic acids is 1. The summed E-state index contributed by atoms with van der Waals surface area (Å²) in [5, 5.41) is 10.3. The van der Waals surface area contributed by atoms with Crippen LogP contribution in [0, 0.1) is 10.7 Å². The van der Waals surface area contributed by atoms with Gasteiger partial charge in [0.25, 0.3) is 0 Å².